The minimum absolute atomic E-state index is 0.00176. The molecule has 0 radical (unpaired) electrons. The molecule has 0 aliphatic carbocycles. The quantitative estimate of drug-likeness (QED) is 0.424. The van der Waals surface area contributed by atoms with Crippen molar-refractivity contribution in [3.63, 3.8) is 0 Å². The van der Waals surface area contributed by atoms with Gasteiger partial charge in [-0.05, 0) is 6.42 Å². The molecule has 0 aromatic heterocycles. The number of carbonyl (C=O) groups is 1. The fourth-order valence-electron chi connectivity index (χ4n) is 1.68. The Bertz CT molecular complexity index is 205. The smallest absolute Gasteiger partial charge is 0.230 e. The maximum Gasteiger partial charge on any atom is 0.230 e. The number of amides is 1. The Kier molecular flexibility index (Phi) is 5.18. The maximum absolute atomic E-state index is 11.2. The molecule has 80 valence electrons. The summed E-state index contributed by atoms with van der Waals surface area (Å²) in [5, 5.41) is 2.94. The fraction of sp³-hybridized carbons (Fsp3) is 0.875. The van der Waals surface area contributed by atoms with E-state index in [1.165, 1.54) is 0 Å². The first-order chi connectivity index (χ1) is 6.67. The van der Waals surface area contributed by atoms with Crippen molar-refractivity contribution in [1.29, 1.82) is 0 Å². The van der Waals surface area contributed by atoms with Crippen LogP contribution >= 0.6 is 22.6 Å². The second-order valence-corrected chi connectivity index (χ2v) is 4.25. The summed E-state index contributed by atoms with van der Waals surface area (Å²) in [6.45, 7) is 0.538. The molecule has 1 N–H and O–H groups in total. The molecule has 14 heavy (non-hydrogen) atoms. The van der Waals surface area contributed by atoms with Gasteiger partial charge in [0.15, 0.2) is 0 Å². The van der Waals surface area contributed by atoms with Crippen LogP contribution < -0.4 is 5.32 Å². The van der Waals surface area contributed by atoms with Crippen LogP contribution in [0.1, 0.15) is 6.42 Å². The lowest BCUT2D eigenvalue weighted by Crippen LogP contribution is -2.42. The summed E-state index contributed by atoms with van der Waals surface area (Å²) in [6.07, 6.45) is 0.873. The zero-order valence-corrected chi connectivity index (χ0v) is 10.6. The lowest BCUT2D eigenvalue weighted by atomic mass is 9.95. The first-order valence-electron chi connectivity index (χ1n) is 4.67. The molecule has 6 heteroatoms. The van der Waals surface area contributed by atoms with Crippen LogP contribution in [0.25, 0.3) is 0 Å². The SMILES string of the molecule is B[C@H]1CC(NC(=O)CI)[C@@H](COC)O1. The van der Waals surface area contributed by atoms with E-state index in [2.05, 4.69) is 5.32 Å². The van der Waals surface area contributed by atoms with E-state index in [4.69, 9.17) is 9.47 Å². The van der Waals surface area contributed by atoms with E-state index < -0.39 is 0 Å². The molecule has 3 atom stereocenters. The Morgan fingerprint density at radius 2 is 2.50 bits per heavy atom. The minimum Gasteiger partial charge on any atom is -0.382 e. The number of nitrogens with one attached hydrogen (secondary N) is 1. The maximum atomic E-state index is 11.2. The van der Waals surface area contributed by atoms with Gasteiger partial charge in [-0.1, -0.05) is 22.6 Å². The Balaban J connectivity index is 2.44. The van der Waals surface area contributed by atoms with Gasteiger partial charge in [-0.2, -0.15) is 0 Å². The molecule has 1 amide bonds. The number of methoxy groups -OCH3 is 1. The summed E-state index contributed by atoms with van der Waals surface area (Å²) < 4.78 is 11.1. The van der Waals surface area contributed by atoms with Crippen LogP contribution in [0.4, 0.5) is 0 Å². The summed E-state index contributed by atoms with van der Waals surface area (Å²) >= 11 is 2.05. The van der Waals surface area contributed by atoms with E-state index in [0.29, 0.717) is 11.0 Å². The molecule has 1 aliphatic heterocycles. The summed E-state index contributed by atoms with van der Waals surface area (Å²) in [5.41, 5.74) is 0. The predicted octanol–water partition coefficient (Wildman–Crippen LogP) is -0.699. The third-order valence-corrected chi connectivity index (χ3v) is 2.93. The van der Waals surface area contributed by atoms with Gasteiger partial charge in [0.25, 0.3) is 0 Å². The van der Waals surface area contributed by atoms with Crippen molar-refractivity contribution in [3.8, 4) is 0 Å². The van der Waals surface area contributed by atoms with Crippen LogP contribution in [-0.4, -0.2) is 50.0 Å². The van der Waals surface area contributed by atoms with Crippen molar-refractivity contribution in [2.24, 2.45) is 0 Å². The first-order valence-corrected chi connectivity index (χ1v) is 6.19. The molecule has 0 spiro atoms. The minimum atomic E-state index is 0.00176. The largest absolute Gasteiger partial charge is 0.382 e. The van der Waals surface area contributed by atoms with Gasteiger partial charge in [-0.15, -0.1) is 0 Å². The van der Waals surface area contributed by atoms with E-state index in [9.17, 15) is 4.79 Å². The van der Waals surface area contributed by atoms with Crippen LogP contribution in [0.15, 0.2) is 0 Å². The Hall–Kier alpha value is 0.185. The third kappa shape index (κ3) is 3.40. The van der Waals surface area contributed by atoms with E-state index in [1.807, 2.05) is 30.4 Å². The summed E-state index contributed by atoms with van der Waals surface area (Å²) in [4.78, 5) is 11.2. The Morgan fingerprint density at radius 1 is 1.79 bits per heavy atom. The molecule has 1 aliphatic rings. The van der Waals surface area contributed by atoms with Gasteiger partial charge in [0.05, 0.1) is 17.1 Å². The van der Waals surface area contributed by atoms with E-state index in [1.54, 1.807) is 7.11 Å². The molecular weight excluding hydrogens is 296 g/mol. The number of hydrogen-bond acceptors (Lipinski definition) is 3. The number of hydrogen-bond donors (Lipinski definition) is 1. The lowest BCUT2D eigenvalue weighted by molar-refractivity contribution is -0.119. The van der Waals surface area contributed by atoms with E-state index in [-0.39, 0.29) is 24.1 Å². The fourth-order valence-corrected chi connectivity index (χ4v) is 1.90. The van der Waals surface area contributed by atoms with Crippen molar-refractivity contribution in [3.05, 3.63) is 0 Å². The van der Waals surface area contributed by atoms with E-state index >= 15 is 0 Å². The Labute approximate surface area is 98.6 Å². The number of halogens is 1. The second kappa shape index (κ2) is 5.92. The average molecular weight is 311 g/mol. The normalized spacial score (nSPS) is 31.7. The zero-order valence-electron chi connectivity index (χ0n) is 8.46. The van der Waals surface area contributed by atoms with Crippen LogP contribution in [0, 0.1) is 0 Å². The number of carbonyl (C=O) groups excluding carboxylic acids is 1. The van der Waals surface area contributed by atoms with Crippen molar-refractivity contribution in [2.45, 2.75) is 24.6 Å². The Morgan fingerprint density at radius 3 is 3.07 bits per heavy atom. The first kappa shape index (κ1) is 12.3. The van der Waals surface area contributed by atoms with Crippen molar-refractivity contribution in [1.82, 2.24) is 5.32 Å². The molecular formula is C8H15BINO3. The highest BCUT2D eigenvalue weighted by molar-refractivity contribution is 14.1. The standard InChI is InChI=1S/C8H15BINO3/c1-13-4-6-5(2-7(9)14-6)11-8(12)3-10/h5-7H,2-4,9H2,1H3,(H,11,12)/t5?,6-,7-/m1/s1. The molecule has 0 aromatic carbocycles. The molecule has 1 heterocycles. The predicted molar refractivity (Wildman–Crippen MR) is 64.5 cm³/mol. The number of alkyl halides is 1. The zero-order chi connectivity index (χ0) is 10.6. The van der Waals surface area contributed by atoms with Crippen LogP contribution in [0.3, 0.4) is 0 Å². The van der Waals surface area contributed by atoms with Gasteiger partial charge in [-0.25, -0.2) is 0 Å². The summed E-state index contributed by atoms with van der Waals surface area (Å²) in [6, 6.07) is 0.307. The summed E-state index contributed by atoms with van der Waals surface area (Å²) in [7, 11) is 3.66. The van der Waals surface area contributed by atoms with Gasteiger partial charge in [-0.3, -0.25) is 4.79 Å². The number of rotatable bonds is 4. The van der Waals surface area contributed by atoms with Crippen molar-refractivity contribution in [2.75, 3.05) is 18.1 Å². The van der Waals surface area contributed by atoms with Crippen molar-refractivity contribution >= 4 is 36.3 Å². The molecule has 1 saturated heterocycles. The molecule has 0 bridgehead atoms. The third-order valence-electron chi connectivity index (χ3n) is 2.24. The number of ether oxygens (including phenoxy) is 2. The van der Waals surface area contributed by atoms with Gasteiger partial charge in [0.1, 0.15) is 14.0 Å². The van der Waals surface area contributed by atoms with Crippen molar-refractivity contribution < 1.29 is 14.3 Å². The highest BCUT2D eigenvalue weighted by atomic mass is 127. The molecule has 0 saturated carbocycles. The highest BCUT2D eigenvalue weighted by Crippen LogP contribution is 2.18. The van der Waals surface area contributed by atoms with E-state index in [0.717, 1.165) is 6.42 Å². The van der Waals surface area contributed by atoms with Gasteiger partial charge < -0.3 is 14.8 Å². The lowest BCUT2D eigenvalue weighted by Gasteiger charge is -2.18. The molecule has 1 rings (SSSR count). The van der Waals surface area contributed by atoms with Crippen LogP contribution in [0.5, 0.6) is 0 Å². The topological polar surface area (TPSA) is 47.6 Å². The second-order valence-electron chi connectivity index (χ2n) is 3.48. The average Bonchev–Trinajstić information content (AvgIpc) is 2.47. The van der Waals surface area contributed by atoms with Gasteiger partial charge in [0.2, 0.25) is 5.91 Å². The van der Waals surface area contributed by atoms with Gasteiger partial charge in [0, 0.05) is 13.1 Å². The monoisotopic (exact) mass is 311 g/mol. The molecule has 1 fully saturated rings. The van der Waals surface area contributed by atoms with Crippen LogP contribution in [-0.2, 0) is 14.3 Å². The van der Waals surface area contributed by atoms with Gasteiger partial charge >= 0.3 is 0 Å². The molecule has 0 aromatic rings. The van der Waals surface area contributed by atoms with Crippen LogP contribution in [0.2, 0.25) is 0 Å². The summed E-state index contributed by atoms with van der Waals surface area (Å²) in [5.74, 6) is 0.0643. The molecule has 1 unspecified atom stereocenters. The molecule has 4 nitrogen and oxygen atoms in total. The highest BCUT2D eigenvalue weighted by Gasteiger charge is 2.33.